The van der Waals surface area contributed by atoms with Gasteiger partial charge in [0.05, 0.1) is 12.1 Å². The molecular weight excluding hydrogens is 338 g/mol. The predicted molar refractivity (Wildman–Crippen MR) is 106 cm³/mol. The maximum atomic E-state index is 12.7. The Bertz CT molecular complexity index is 735. The van der Waals surface area contributed by atoms with Crippen LogP contribution in [0.2, 0.25) is 0 Å². The number of benzene rings is 1. The molecule has 0 saturated heterocycles. The molecule has 2 aliphatic carbocycles. The van der Waals surface area contributed by atoms with E-state index in [2.05, 4.69) is 11.4 Å². The molecule has 144 valence electrons. The van der Waals surface area contributed by atoms with Crippen molar-refractivity contribution in [3.05, 3.63) is 42.0 Å². The van der Waals surface area contributed by atoms with E-state index in [1.807, 2.05) is 29.2 Å². The van der Waals surface area contributed by atoms with Crippen molar-refractivity contribution >= 4 is 17.5 Å². The second-order valence-electron chi connectivity index (χ2n) is 8.17. The molecule has 2 fully saturated rings. The van der Waals surface area contributed by atoms with Gasteiger partial charge in [0, 0.05) is 18.3 Å². The number of anilines is 1. The fraction of sp³-hybridized carbons (Fsp3) is 0.545. The third-order valence-corrected chi connectivity index (χ3v) is 6.25. The molecule has 1 aliphatic heterocycles. The van der Waals surface area contributed by atoms with Gasteiger partial charge in [0.2, 0.25) is 5.91 Å². The molecular formula is C22H29N3O2. The Morgan fingerprint density at radius 1 is 1.11 bits per heavy atom. The van der Waals surface area contributed by atoms with Crippen molar-refractivity contribution in [2.24, 2.45) is 17.6 Å². The van der Waals surface area contributed by atoms with E-state index in [1.54, 1.807) is 6.08 Å². The molecule has 27 heavy (non-hydrogen) atoms. The minimum Gasteiger partial charge on any atom is -0.348 e. The highest BCUT2D eigenvalue weighted by atomic mass is 16.2. The molecule has 1 aromatic rings. The van der Waals surface area contributed by atoms with E-state index in [1.165, 1.54) is 18.4 Å². The Labute approximate surface area is 161 Å². The standard InChI is InChI=1S/C22H29N3O2/c23-21(17-6-1-2-7-17)22(27)24-18(15-9-10-15)11-12-20(26)25-14-13-16-5-3-4-8-19(16)25/h3-5,8,11-12,15,17-18,21H,1-2,6-7,9-10,13-14,23H2,(H,24,27)/t18-,21+/m1/s1. The van der Waals surface area contributed by atoms with Crippen molar-refractivity contribution in [1.29, 1.82) is 0 Å². The van der Waals surface area contributed by atoms with Gasteiger partial charge >= 0.3 is 0 Å². The molecule has 2 saturated carbocycles. The largest absolute Gasteiger partial charge is 0.348 e. The number of nitrogens with two attached hydrogens (primary N) is 1. The van der Waals surface area contributed by atoms with Crippen LogP contribution in [0.4, 0.5) is 5.69 Å². The van der Waals surface area contributed by atoms with Crippen LogP contribution in [0.3, 0.4) is 0 Å². The molecule has 0 unspecified atom stereocenters. The van der Waals surface area contributed by atoms with Crippen LogP contribution in [0.15, 0.2) is 36.4 Å². The molecule has 2 amide bonds. The summed E-state index contributed by atoms with van der Waals surface area (Å²) in [7, 11) is 0. The second kappa shape index (κ2) is 7.85. The molecule has 5 nitrogen and oxygen atoms in total. The van der Waals surface area contributed by atoms with Gasteiger partial charge in [0.15, 0.2) is 0 Å². The topological polar surface area (TPSA) is 75.4 Å². The summed E-state index contributed by atoms with van der Waals surface area (Å²) in [5.41, 5.74) is 8.41. The smallest absolute Gasteiger partial charge is 0.250 e. The van der Waals surface area contributed by atoms with Crippen LogP contribution in [0, 0.1) is 11.8 Å². The number of hydrogen-bond acceptors (Lipinski definition) is 3. The van der Waals surface area contributed by atoms with Gasteiger partial charge in [-0.1, -0.05) is 37.1 Å². The Morgan fingerprint density at radius 3 is 2.59 bits per heavy atom. The maximum absolute atomic E-state index is 12.7. The van der Waals surface area contributed by atoms with Crippen LogP contribution in [0.1, 0.15) is 44.1 Å². The van der Waals surface area contributed by atoms with Gasteiger partial charge in [-0.05, 0) is 55.6 Å². The summed E-state index contributed by atoms with van der Waals surface area (Å²) in [5, 5.41) is 3.10. The lowest BCUT2D eigenvalue weighted by Gasteiger charge is -2.22. The maximum Gasteiger partial charge on any atom is 0.250 e. The van der Waals surface area contributed by atoms with E-state index in [0.29, 0.717) is 11.8 Å². The lowest BCUT2D eigenvalue weighted by atomic mass is 9.97. The molecule has 3 aliphatic rings. The van der Waals surface area contributed by atoms with Gasteiger partial charge in [-0.3, -0.25) is 9.59 Å². The molecule has 0 aromatic heterocycles. The number of amides is 2. The van der Waals surface area contributed by atoms with Crippen LogP contribution in [-0.2, 0) is 16.0 Å². The second-order valence-corrected chi connectivity index (χ2v) is 8.17. The molecule has 1 heterocycles. The lowest BCUT2D eigenvalue weighted by molar-refractivity contribution is -0.124. The number of fused-ring (bicyclic) bond motifs is 1. The van der Waals surface area contributed by atoms with Crippen LogP contribution in [0.25, 0.3) is 0 Å². The third-order valence-electron chi connectivity index (χ3n) is 6.25. The first-order valence-electron chi connectivity index (χ1n) is 10.3. The summed E-state index contributed by atoms with van der Waals surface area (Å²) < 4.78 is 0. The number of hydrogen-bond donors (Lipinski definition) is 2. The number of rotatable bonds is 6. The minimum absolute atomic E-state index is 0.0139. The van der Waals surface area contributed by atoms with Gasteiger partial charge in [0.25, 0.3) is 5.91 Å². The fourth-order valence-electron chi connectivity index (χ4n) is 4.41. The molecule has 2 atom stereocenters. The van der Waals surface area contributed by atoms with Crippen molar-refractivity contribution in [1.82, 2.24) is 5.32 Å². The fourth-order valence-corrected chi connectivity index (χ4v) is 4.41. The highest BCUT2D eigenvalue weighted by molar-refractivity contribution is 6.03. The summed E-state index contributed by atoms with van der Waals surface area (Å²) >= 11 is 0. The number of nitrogens with zero attached hydrogens (tertiary/aromatic N) is 1. The first kappa shape index (κ1) is 18.2. The summed E-state index contributed by atoms with van der Waals surface area (Å²) in [6, 6.07) is 7.52. The molecule has 0 radical (unpaired) electrons. The molecule has 5 heteroatoms. The average Bonchev–Trinajstić information content (AvgIpc) is 3.20. The SMILES string of the molecule is N[C@H](C(=O)N[C@H](C=CC(=O)N1CCc2ccccc21)C1CC1)C1CCCC1. The van der Waals surface area contributed by atoms with Gasteiger partial charge in [0.1, 0.15) is 0 Å². The number of carbonyl (C=O) groups excluding carboxylic acids is 2. The van der Waals surface area contributed by atoms with E-state index >= 15 is 0 Å². The van der Waals surface area contributed by atoms with Crippen molar-refractivity contribution < 1.29 is 9.59 Å². The summed E-state index contributed by atoms with van der Waals surface area (Å²) in [6.07, 6.45) is 11.0. The normalized spacial score (nSPS) is 22.0. The van der Waals surface area contributed by atoms with E-state index < -0.39 is 6.04 Å². The summed E-state index contributed by atoms with van der Waals surface area (Å²) in [6.45, 7) is 0.718. The zero-order chi connectivity index (χ0) is 18.8. The Kier molecular flexibility index (Phi) is 5.30. The third kappa shape index (κ3) is 4.08. The van der Waals surface area contributed by atoms with Crippen molar-refractivity contribution in [3.63, 3.8) is 0 Å². The first-order chi connectivity index (χ1) is 13.1. The van der Waals surface area contributed by atoms with Crippen LogP contribution < -0.4 is 16.0 Å². The van der Waals surface area contributed by atoms with Crippen molar-refractivity contribution in [2.75, 3.05) is 11.4 Å². The first-order valence-corrected chi connectivity index (χ1v) is 10.3. The average molecular weight is 367 g/mol. The highest BCUT2D eigenvalue weighted by Gasteiger charge is 2.34. The number of nitrogens with one attached hydrogen (secondary N) is 1. The quantitative estimate of drug-likeness (QED) is 0.759. The minimum atomic E-state index is -0.427. The molecule has 4 rings (SSSR count). The zero-order valence-electron chi connectivity index (χ0n) is 15.8. The Morgan fingerprint density at radius 2 is 1.85 bits per heavy atom. The number of carbonyl (C=O) groups is 2. The highest BCUT2D eigenvalue weighted by Crippen LogP contribution is 2.34. The van der Waals surface area contributed by atoms with Crippen LogP contribution in [0.5, 0.6) is 0 Å². The predicted octanol–water partition coefficient (Wildman–Crippen LogP) is 2.54. The molecule has 0 spiro atoms. The van der Waals surface area contributed by atoms with Crippen LogP contribution in [-0.4, -0.2) is 30.4 Å². The van der Waals surface area contributed by atoms with Gasteiger partial charge in [-0.15, -0.1) is 0 Å². The summed E-state index contributed by atoms with van der Waals surface area (Å²) in [4.78, 5) is 27.1. The van der Waals surface area contributed by atoms with Crippen LogP contribution >= 0.6 is 0 Å². The lowest BCUT2D eigenvalue weighted by Crippen LogP contribution is -2.48. The zero-order valence-corrected chi connectivity index (χ0v) is 15.8. The summed E-state index contributed by atoms with van der Waals surface area (Å²) in [5.74, 6) is 0.651. The van der Waals surface area contributed by atoms with E-state index in [-0.39, 0.29) is 17.9 Å². The van der Waals surface area contributed by atoms with Crippen molar-refractivity contribution in [2.45, 2.75) is 57.0 Å². The molecule has 3 N–H and O–H groups in total. The van der Waals surface area contributed by atoms with Gasteiger partial charge < -0.3 is 16.0 Å². The molecule has 1 aromatic carbocycles. The van der Waals surface area contributed by atoms with E-state index in [9.17, 15) is 9.59 Å². The van der Waals surface area contributed by atoms with E-state index in [4.69, 9.17) is 5.73 Å². The van der Waals surface area contributed by atoms with E-state index in [0.717, 1.165) is 44.3 Å². The van der Waals surface area contributed by atoms with Crippen molar-refractivity contribution in [3.8, 4) is 0 Å². The Hall–Kier alpha value is -2.14. The number of para-hydroxylation sites is 1. The molecule has 0 bridgehead atoms. The van der Waals surface area contributed by atoms with Gasteiger partial charge in [-0.25, -0.2) is 0 Å². The Balaban J connectivity index is 1.38. The van der Waals surface area contributed by atoms with Gasteiger partial charge in [-0.2, -0.15) is 0 Å². The monoisotopic (exact) mass is 367 g/mol.